The first-order valence-electron chi connectivity index (χ1n) is 7.23. The van der Waals surface area contributed by atoms with Crippen molar-refractivity contribution in [2.45, 2.75) is 6.92 Å². The number of fused-ring (bicyclic) bond motifs is 1. The maximum absolute atomic E-state index is 12.1. The van der Waals surface area contributed by atoms with Crippen LogP contribution in [0.3, 0.4) is 0 Å². The van der Waals surface area contributed by atoms with Crippen molar-refractivity contribution >= 4 is 12.1 Å². The number of carbonyl (C=O) groups is 1. The van der Waals surface area contributed by atoms with Gasteiger partial charge in [-0.3, -0.25) is 4.79 Å². The fraction of sp³-hybridized carbons (Fsp3) is 0.176. The predicted molar refractivity (Wildman–Crippen MR) is 85.2 cm³/mol. The van der Waals surface area contributed by atoms with Crippen LogP contribution in [0.25, 0.3) is 0 Å². The second-order valence-electron chi connectivity index (χ2n) is 4.74. The fourth-order valence-corrected chi connectivity index (χ4v) is 2.14. The third-order valence-corrected chi connectivity index (χ3v) is 3.22. The number of ether oxygens (including phenoxy) is 3. The molecule has 0 radical (unpaired) electrons. The molecule has 23 heavy (non-hydrogen) atoms. The second-order valence-corrected chi connectivity index (χ2v) is 4.74. The van der Waals surface area contributed by atoms with Crippen molar-refractivity contribution in [3.8, 4) is 17.2 Å². The summed E-state index contributed by atoms with van der Waals surface area (Å²) in [6, 6.07) is 12.5. The van der Waals surface area contributed by atoms with Gasteiger partial charge in [0.1, 0.15) is 5.75 Å². The van der Waals surface area contributed by atoms with Gasteiger partial charge in [-0.1, -0.05) is 12.1 Å². The zero-order chi connectivity index (χ0) is 16.1. The van der Waals surface area contributed by atoms with Gasteiger partial charge in [-0.15, -0.1) is 0 Å². The summed E-state index contributed by atoms with van der Waals surface area (Å²) < 4.78 is 16.0. The molecule has 1 aliphatic rings. The number of para-hydroxylation sites is 1. The quantitative estimate of drug-likeness (QED) is 0.680. The molecule has 0 spiro atoms. The van der Waals surface area contributed by atoms with Crippen molar-refractivity contribution < 1.29 is 19.0 Å². The molecule has 0 bridgehead atoms. The lowest BCUT2D eigenvalue weighted by molar-refractivity contribution is 0.0954. The first-order valence-corrected chi connectivity index (χ1v) is 7.23. The van der Waals surface area contributed by atoms with E-state index in [2.05, 4.69) is 10.5 Å². The fourth-order valence-electron chi connectivity index (χ4n) is 2.14. The molecule has 0 unspecified atom stereocenters. The van der Waals surface area contributed by atoms with Gasteiger partial charge in [0.25, 0.3) is 5.91 Å². The highest BCUT2D eigenvalue weighted by Gasteiger charge is 2.15. The average molecular weight is 312 g/mol. The van der Waals surface area contributed by atoms with Crippen LogP contribution in [-0.2, 0) is 0 Å². The van der Waals surface area contributed by atoms with Gasteiger partial charge in [-0.25, -0.2) is 5.43 Å². The zero-order valence-corrected chi connectivity index (χ0v) is 12.6. The van der Waals surface area contributed by atoms with Gasteiger partial charge in [-0.05, 0) is 37.3 Å². The Labute approximate surface area is 133 Å². The maximum Gasteiger partial charge on any atom is 0.271 e. The summed E-state index contributed by atoms with van der Waals surface area (Å²) in [5.74, 6) is 1.59. The molecule has 2 aromatic rings. The normalized spacial score (nSPS) is 12.4. The van der Waals surface area contributed by atoms with Crippen LogP contribution in [0.5, 0.6) is 17.2 Å². The molecule has 0 atom stereocenters. The van der Waals surface area contributed by atoms with Gasteiger partial charge in [0.15, 0.2) is 11.5 Å². The van der Waals surface area contributed by atoms with Crippen molar-refractivity contribution in [1.29, 1.82) is 0 Å². The molecule has 2 aromatic carbocycles. The number of nitrogens with zero attached hydrogens (tertiary/aromatic N) is 1. The highest BCUT2D eigenvalue weighted by atomic mass is 16.7. The smallest absolute Gasteiger partial charge is 0.271 e. The van der Waals surface area contributed by atoms with E-state index in [0.29, 0.717) is 23.7 Å². The molecule has 0 saturated heterocycles. The number of amides is 1. The zero-order valence-electron chi connectivity index (χ0n) is 12.6. The highest BCUT2D eigenvalue weighted by Crippen LogP contribution is 2.32. The Kier molecular flexibility index (Phi) is 4.42. The number of hydrogen-bond donors (Lipinski definition) is 1. The number of hydrazone groups is 1. The Hall–Kier alpha value is -3.02. The second kappa shape index (κ2) is 6.83. The van der Waals surface area contributed by atoms with Crippen LogP contribution >= 0.6 is 0 Å². The summed E-state index contributed by atoms with van der Waals surface area (Å²) in [6.07, 6.45) is 1.55. The molecule has 1 aliphatic heterocycles. The molecule has 6 nitrogen and oxygen atoms in total. The number of hydrogen-bond acceptors (Lipinski definition) is 5. The molecule has 1 N–H and O–H groups in total. The number of benzene rings is 2. The lowest BCUT2D eigenvalue weighted by Gasteiger charge is -2.06. The van der Waals surface area contributed by atoms with E-state index in [9.17, 15) is 4.79 Å². The van der Waals surface area contributed by atoms with Gasteiger partial charge in [0.2, 0.25) is 6.79 Å². The van der Waals surface area contributed by atoms with Crippen LogP contribution in [0.1, 0.15) is 22.8 Å². The standard InChI is InChI=1S/C17H16N2O4/c1-2-21-14-6-4-3-5-13(14)10-18-19-17(20)12-7-8-15-16(9-12)23-11-22-15/h3-10H,2,11H2,1H3,(H,19,20). The summed E-state index contributed by atoms with van der Waals surface area (Å²) in [5.41, 5.74) is 3.73. The van der Waals surface area contributed by atoms with Crippen molar-refractivity contribution in [1.82, 2.24) is 5.43 Å². The highest BCUT2D eigenvalue weighted by molar-refractivity contribution is 5.95. The van der Waals surface area contributed by atoms with Gasteiger partial charge in [0.05, 0.1) is 12.8 Å². The van der Waals surface area contributed by atoms with Gasteiger partial charge in [0, 0.05) is 11.1 Å². The van der Waals surface area contributed by atoms with Crippen LogP contribution < -0.4 is 19.6 Å². The Morgan fingerprint density at radius 2 is 2.09 bits per heavy atom. The van der Waals surface area contributed by atoms with Crippen molar-refractivity contribution in [3.05, 3.63) is 53.6 Å². The molecule has 6 heteroatoms. The minimum absolute atomic E-state index is 0.173. The topological polar surface area (TPSA) is 69.2 Å². The number of rotatable bonds is 5. The Morgan fingerprint density at radius 1 is 1.26 bits per heavy atom. The predicted octanol–water partition coefficient (Wildman–Crippen LogP) is 2.58. The molecule has 118 valence electrons. The lowest BCUT2D eigenvalue weighted by atomic mass is 10.2. The SMILES string of the molecule is CCOc1ccccc1C=NNC(=O)c1ccc2c(c1)OCO2. The first kappa shape index (κ1) is 14.9. The molecule has 0 saturated carbocycles. The minimum Gasteiger partial charge on any atom is -0.493 e. The summed E-state index contributed by atoms with van der Waals surface area (Å²) in [6.45, 7) is 2.65. The lowest BCUT2D eigenvalue weighted by Crippen LogP contribution is -2.17. The van der Waals surface area contributed by atoms with Gasteiger partial charge >= 0.3 is 0 Å². The van der Waals surface area contributed by atoms with Crippen molar-refractivity contribution in [2.24, 2.45) is 5.10 Å². The molecule has 0 aromatic heterocycles. The summed E-state index contributed by atoms with van der Waals surface area (Å²) >= 11 is 0. The van der Waals surface area contributed by atoms with Crippen LogP contribution in [0.2, 0.25) is 0 Å². The molecular weight excluding hydrogens is 296 g/mol. The molecule has 1 amide bonds. The largest absolute Gasteiger partial charge is 0.493 e. The minimum atomic E-state index is -0.326. The third kappa shape index (κ3) is 3.42. The van der Waals surface area contributed by atoms with E-state index in [1.165, 1.54) is 0 Å². The van der Waals surface area contributed by atoms with Crippen LogP contribution in [0.15, 0.2) is 47.6 Å². The van der Waals surface area contributed by atoms with E-state index in [1.807, 2.05) is 31.2 Å². The summed E-state index contributed by atoms with van der Waals surface area (Å²) in [4.78, 5) is 12.1. The van der Waals surface area contributed by atoms with E-state index in [4.69, 9.17) is 14.2 Å². The van der Waals surface area contributed by atoms with Crippen LogP contribution in [0, 0.1) is 0 Å². The monoisotopic (exact) mass is 312 g/mol. The summed E-state index contributed by atoms with van der Waals surface area (Å²) in [5, 5.41) is 3.98. The first-order chi connectivity index (χ1) is 11.3. The van der Waals surface area contributed by atoms with Gasteiger partial charge < -0.3 is 14.2 Å². The molecule has 0 fully saturated rings. The average Bonchev–Trinajstić information content (AvgIpc) is 3.04. The molecule has 1 heterocycles. The maximum atomic E-state index is 12.1. The number of nitrogens with one attached hydrogen (secondary N) is 1. The summed E-state index contributed by atoms with van der Waals surface area (Å²) in [7, 11) is 0. The number of carbonyl (C=O) groups excluding carboxylic acids is 1. The van der Waals surface area contributed by atoms with Crippen LogP contribution in [-0.4, -0.2) is 25.5 Å². The van der Waals surface area contributed by atoms with E-state index in [-0.39, 0.29) is 12.7 Å². The van der Waals surface area contributed by atoms with E-state index < -0.39 is 0 Å². The molecule has 0 aliphatic carbocycles. The van der Waals surface area contributed by atoms with Gasteiger partial charge in [-0.2, -0.15) is 5.10 Å². The van der Waals surface area contributed by atoms with E-state index in [0.717, 1.165) is 11.3 Å². The Morgan fingerprint density at radius 3 is 2.96 bits per heavy atom. The van der Waals surface area contributed by atoms with E-state index in [1.54, 1.807) is 24.4 Å². The molecule has 3 rings (SSSR count). The van der Waals surface area contributed by atoms with Crippen LogP contribution in [0.4, 0.5) is 0 Å². The Balaban J connectivity index is 1.67. The molecular formula is C17H16N2O4. The van der Waals surface area contributed by atoms with E-state index >= 15 is 0 Å². The van der Waals surface area contributed by atoms with Crippen molar-refractivity contribution in [3.63, 3.8) is 0 Å². The van der Waals surface area contributed by atoms with Crippen molar-refractivity contribution in [2.75, 3.05) is 13.4 Å². The third-order valence-electron chi connectivity index (χ3n) is 3.22. The Bertz CT molecular complexity index is 743.